The molecule has 0 aliphatic carbocycles. The van der Waals surface area contributed by atoms with Crippen LogP contribution in [-0.2, 0) is 4.79 Å². The van der Waals surface area contributed by atoms with Crippen LogP contribution in [0.5, 0.6) is 0 Å². The molecule has 2 rings (SSSR count). The number of carbonyl (C=O) groups excluding carboxylic acids is 1. The number of nitrogens with zero attached hydrogens (tertiary/aromatic N) is 1. The largest absolute Gasteiger partial charge is 0.481 e. The minimum atomic E-state index is -0.694. The molecule has 0 saturated carbocycles. The minimum absolute atomic E-state index is 0.158. The molecule has 4 nitrogen and oxygen atoms in total. The number of carbonyl (C=O) groups is 2. The van der Waals surface area contributed by atoms with E-state index < -0.39 is 5.97 Å². The first-order chi connectivity index (χ1) is 9.56. The van der Waals surface area contributed by atoms with Gasteiger partial charge in [-0.15, -0.1) is 0 Å². The number of aryl methyl sites for hydroxylation is 1. The molecular formula is C16H21NO3. The van der Waals surface area contributed by atoms with E-state index in [-0.39, 0.29) is 11.7 Å². The Morgan fingerprint density at radius 2 is 1.80 bits per heavy atom. The maximum absolute atomic E-state index is 12.1. The third kappa shape index (κ3) is 3.90. The zero-order valence-corrected chi connectivity index (χ0v) is 11.8. The molecule has 1 aliphatic rings. The highest BCUT2D eigenvalue weighted by molar-refractivity contribution is 5.96. The lowest BCUT2D eigenvalue weighted by molar-refractivity contribution is -0.143. The van der Waals surface area contributed by atoms with E-state index >= 15 is 0 Å². The first-order valence-corrected chi connectivity index (χ1v) is 7.11. The van der Waals surface area contributed by atoms with Crippen LogP contribution >= 0.6 is 0 Å². The Balaban J connectivity index is 1.77. The summed E-state index contributed by atoms with van der Waals surface area (Å²) in [6.07, 6.45) is 1.88. The molecule has 1 fully saturated rings. The van der Waals surface area contributed by atoms with Gasteiger partial charge in [-0.05, 0) is 32.9 Å². The summed E-state index contributed by atoms with van der Waals surface area (Å²) in [6, 6.07) is 7.64. The van der Waals surface area contributed by atoms with Crippen LogP contribution in [0.4, 0.5) is 0 Å². The molecule has 0 aromatic heterocycles. The van der Waals surface area contributed by atoms with Gasteiger partial charge in [0.25, 0.3) is 0 Å². The third-order valence-corrected chi connectivity index (χ3v) is 3.97. The topological polar surface area (TPSA) is 57.6 Å². The Morgan fingerprint density at radius 3 is 2.35 bits per heavy atom. The van der Waals surface area contributed by atoms with Crippen LogP contribution in [0.25, 0.3) is 0 Å². The summed E-state index contributed by atoms with van der Waals surface area (Å²) in [5, 5.41) is 8.94. The average molecular weight is 275 g/mol. The summed E-state index contributed by atoms with van der Waals surface area (Å²) in [7, 11) is 0. The molecule has 0 amide bonds. The zero-order chi connectivity index (χ0) is 14.5. The van der Waals surface area contributed by atoms with E-state index in [1.807, 2.05) is 31.2 Å². The average Bonchev–Trinajstić information content (AvgIpc) is 2.46. The number of piperidine rings is 1. The lowest BCUT2D eigenvalue weighted by atomic mass is 9.97. The predicted octanol–water partition coefficient (Wildman–Crippen LogP) is 2.36. The minimum Gasteiger partial charge on any atom is -0.481 e. The molecule has 20 heavy (non-hydrogen) atoms. The highest BCUT2D eigenvalue weighted by Gasteiger charge is 2.24. The van der Waals surface area contributed by atoms with Crippen LogP contribution in [0, 0.1) is 12.8 Å². The normalized spacial score (nSPS) is 17.1. The number of hydrogen-bond acceptors (Lipinski definition) is 3. The number of rotatable bonds is 5. The number of Topliss-reactive ketones (excluding diaryl/α,β-unsaturated/α-hetero) is 1. The third-order valence-electron chi connectivity index (χ3n) is 3.97. The molecule has 1 saturated heterocycles. The maximum Gasteiger partial charge on any atom is 0.306 e. The van der Waals surface area contributed by atoms with Gasteiger partial charge in [-0.3, -0.25) is 9.59 Å². The van der Waals surface area contributed by atoms with Crippen molar-refractivity contribution < 1.29 is 14.7 Å². The summed E-state index contributed by atoms with van der Waals surface area (Å²) in [5.41, 5.74) is 1.91. The van der Waals surface area contributed by atoms with Crippen LogP contribution in [0.3, 0.4) is 0 Å². The van der Waals surface area contributed by atoms with Crippen molar-refractivity contribution in [3.05, 3.63) is 35.4 Å². The molecule has 1 aromatic rings. The van der Waals surface area contributed by atoms with Gasteiger partial charge in [0.05, 0.1) is 5.92 Å². The first kappa shape index (κ1) is 14.7. The van der Waals surface area contributed by atoms with Gasteiger partial charge in [-0.25, -0.2) is 0 Å². The van der Waals surface area contributed by atoms with Crippen molar-refractivity contribution in [2.24, 2.45) is 5.92 Å². The Kier molecular flexibility index (Phi) is 4.90. The number of benzene rings is 1. The lowest BCUT2D eigenvalue weighted by Gasteiger charge is -2.29. The van der Waals surface area contributed by atoms with Crippen LogP contribution in [0.2, 0.25) is 0 Å². The fraction of sp³-hybridized carbons (Fsp3) is 0.500. The molecule has 0 atom stereocenters. The number of carboxylic acids is 1. The SMILES string of the molecule is Cc1ccc(C(=O)CCN2CCC(C(=O)O)CC2)cc1. The van der Waals surface area contributed by atoms with E-state index in [0.717, 1.165) is 30.8 Å². The second-order valence-electron chi connectivity index (χ2n) is 5.49. The monoisotopic (exact) mass is 275 g/mol. The number of aliphatic carboxylic acids is 1. The Labute approximate surface area is 119 Å². The highest BCUT2D eigenvalue weighted by Crippen LogP contribution is 2.17. The van der Waals surface area contributed by atoms with Gasteiger partial charge in [0.2, 0.25) is 0 Å². The molecule has 108 valence electrons. The molecule has 0 radical (unpaired) electrons. The smallest absolute Gasteiger partial charge is 0.306 e. The second-order valence-corrected chi connectivity index (χ2v) is 5.49. The molecule has 1 aromatic carbocycles. The molecule has 0 unspecified atom stereocenters. The summed E-state index contributed by atoms with van der Waals surface area (Å²) in [5.74, 6) is -0.746. The summed E-state index contributed by atoms with van der Waals surface area (Å²) in [4.78, 5) is 25.1. The summed E-state index contributed by atoms with van der Waals surface area (Å²) in [6.45, 7) is 4.27. The van der Waals surface area contributed by atoms with Gasteiger partial charge in [0.1, 0.15) is 0 Å². The van der Waals surface area contributed by atoms with Crippen molar-refractivity contribution in [2.75, 3.05) is 19.6 Å². The van der Waals surface area contributed by atoms with Crippen LogP contribution in [-0.4, -0.2) is 41.4 Å². The van der Waals surface area contributed by atoms with Gasteiger partial charge in [0, 0.05) is 18.5 Å². The van der Waals surface area contributed by atoms with Gasteiger partial charge in [-0.2, -0.15) is 0 Å². The molecule has 1 N–H and O–H groups in total. The zero-order valence-electron chi connectivity index (χ0n) is 11.8. The Hall–Kier alpha value is -1.68. The maximum atomic E-state index is 12.1. The number of carboxylic acid groups (broad SMARTS) is 1. The quantitative estimate of drug-likeness (QED) is 0.838. The predicted molar refractivity (Wildman–Crippen MR) is 76.9 cm³/mol. The first-order valence-electron chi connectivity index (χ1n) is 7.11. The molecule has 0 bridgehead atoms. The van der Waals surface area contributed by atoms with Crippen molar-refractivity contribution in [3.8, 4) is 0 Å². The van der Waals surface area contributed by atoms with Crippen molar-refractivity contribution in [1.82, 2.24) is 4.90 Å². The van der Waals surface area contributed by atoms with Crippen LogP contribution in [0.1, 0.15) is 35.2 Å². The molecule has 4 heteroatoms. The van der Waals surface area contributed by atoms with E-state index in [0.29, 0.717) is 19.3 Å². The second kappa shape index (κ2) is 6.66. The van der Waals surface area contributed by atoms with Gasteiger partial charge in [0.15, 0.2) is 5.78 Å². The van der Waals surface area contributed by atoms with E-state index in [2.05, 4.69) is 4.90 Å². The molecule has 0 spiro atoms. The molecular weight excluding hydrogens is 254 g/mol. The number of ketones is 1. The molecule has 1 aliphatic heterocycles. The summed E-state index contributed by atoms with van der Waals surface area (Å²) >= 11 is 0. The number of hydrogen-bond donors (Lipinski definition) is 1. The van der Waals surface area contributed by atoms with Gasteiger partial charge < -0.3 is 10.0 Å². The molecule has 1 heterocycles. The van der Waals surface area contributed by atoms with E-state index in [1.165, 1.54) is 0 Å². The van der Waals surface area contributed by atoms with E-state index in [9.17, 15) is 9.59 Å². The fourth-order valence-corrected chi connectivity index (χ4v) is 2.55. The van der Waals surface area contributed by atoms with Crippen molar-refractivity contribution in [2.45, 2.75) is 26.2 Å². The van der Waals surface area contributed by atoms with E-state index in [1.54, 1.807) is 0 Å². The highest BCUT2D eigenvalue weighted by atomic mass is 16.4. The fourth-order valence-electron chi connectivity index (χ4n) is 2.55. The Bertz CT molecular complexity index is 473. The van der Waals surface area contributed by atoms with Crippen LogP contribution < -0.4 is 0 Å². The van der Waals surface area contributed by atoms with Crippen LogP contribution in [0.15, 0.2) is 24.3 Å². The van der Waals surface area contributed by atoms with Gasteiger partial charge >= 0.3 is 5.97 Å². The lowest BCUT2D eigenvalue weighted by Crippen LogP contribution is -2.37. The van der Waals surface area contributed by atoms with Crippen molar-refractivity contribution in [3.63, 3.8) is 0 Å². The Morgan fingerprint density at radius 1 is 1.20 bits per heavy atom. The number of likely N-dealkylation sites (tertiary alicyclic amines) is 1. The van der Waals surface area contributed by atoms with Crippen molar-refractivity contribution >= 4 is 11.8 Å². The van der Waals surface area contributed by atoms with Gasteiger partial charge in [-0.1, -0.05) is 29.8 Å². The van der Waals surface area contributed by atoms with E-state index in [4.69, 9.17) is 5.11 Å². The van der Waals surface area contributed by atoms with Crippen molar-refractivity contribution in [1.29, 1.82) is 0 Å². The standard InChI is InChI=1S/C16H21NO3/c1-12-2-4-13(5-3-12)15(18)8-11-17-9-6-14(7-10-17)16(19)20/h2-5,14H,6-11H2,1H3,(H,19,20). The summed E-state index contributed by atoms with van der Waals surface area (Å²) < 4.78 is 0.